The van der Waals surface area contributed by atoms with E-state index < -0.39 is 0 Å². The predicted molar refractivity (Wildman–Crippen MR) is 116 cm³/mol. The lowest BCUT2D eigenvalue weighted by Crippen LogP contribution is -2.16. The lowest BCUT2D eigenvalue weighted by molar-refractivity contribution is 0.101. The van der Waals surface area contributed by atoms with E-state index in [1.165, 1.54) is 24.3 Å². The van der Waals surface area contributed by atoms with Crippen molar-refractivity contribution in [2.24, 2.45) is 5.92 Å². The highest BCUT2D eigenvalue weighted by Gasteiger charge is 2.14. The minimum Gasteiger partial charge on any atom is -0.492 e. The molecule has 2 N–H and O–H groups in total. The smallest absolute Gasteiger partial charge is 0.259 e. The number of benzene rings is 3. The van der Waals surface area contributed by atoms with E-state index in [1.54, 1.807) is 42.5 Å². The third-order valence-electron chi connectivity index (χ3n) is 4.19. The van der Waals surface area contributed by atoms with Gasteiger partial charge in [-0.15, -0.1) is 0 Å². The summed E-state index contributed by atoms with van der Waals surface area (Å²) in [5, 5.41) is 5.50. The van der Waals surface area contributed by atoms with Crippen molar-refractivity contribution in [1.82, 2.24) is 0 Å². The number of ether oxygens (including phenoxy) is 1. The molecule has 0 spiro atoms. The van der Waals surface area contributed by atoms with Crippen LogP contribution in [0.15, 0.2) is 72.8 Å². The van der Waals surface area contributed by atoms with E-state index in [0.717, 1.165) is 0 Å². The summed E-state index contributed by atoms with van der Waals surface area (Å²) in [6.45, 7) is 4.57. The molecular weight excluding hydrogens is 383 g/mol. The molecule has 0 saturated carbocycles. The standard InChI is InChI=1S/C24H23FN2O3/c1-16(2)15-30-22-9-4-3-8-21(22)24(29)27-20-7-5-6-17(14-20)23(28)26-19-12-10-18(25)11-13-19/h3-14,16H,15H2,1-2H3,(H,26,28)(H,27,29). The predicted octanol–water partition coefficient (Wildman–Crippen LogP) is 5.37. The van der Waals surface area contributed by atoms with Crippen molar-refractivity contribution in [3.8, 4) is 5.75 Å². The molecule has 0 bridgehead atoms. The van der Waals surface area contributed by atoms with Gasteiger partial charge in [0.25, 0.3) is 11.8 Å². The fraction of sp³-hybridized carbons (Fsp3) is 0.167. The Hall–Kier alpha value is -3.67. The zero-order valence-electron chi connectivity index (χ0n) is 16.8. The maximum Gasteiger partial charge on any atom is 0.259 e. The molecule has 2 amide bonds. The summed E-state index contributed by atoms with van der Waals surface area (Å²) in [4.78, 5) is 25.2. The first-order chi connectivity index (χ1) is 14.4. The Bertz CT molecular complexity index is 1030. The van der Waals surface area contributed by atoms with Crippen LogP contribution >= 0.6 is 0 Å². The van der Waals surface area contributed by atoms with Crippen molar-refractivity contribution in [3.63, 3.8) is 0 Å². The Balaban J connectivity index is 1.71. The molecule has 3 aromatic carbocycles. The Kier molecular flexibility index (Phi) is 6.80. The average Bonchev–Trinajstić information content (AvgIpc) is 2.74. The van der Waals surface area contributed by atoms with Crippen LogP contribution in [-0.4, -0.2) is 18.4 Å². The van der Waals surface area contributed by atoms with Gasteiger partial charge in [-0.1, -0.05) is 32.0 Å². The lowest BCUT2D eigenvalue weighted by atomic mass is 10.1. The molecule has 3 aromatic rings. The van der Waals surface area contributed by atoms with Crippen LogP contribution in [0.25, 0.3) is 0 Å². The maximum atomic E-state index is 13.0. The van der Waals surface area contributed by atoms with Gasteiger partial charge in [-0.3, -0.25) is 9.59 Å². The first-order valence-electron chi connectivity index (χ1n) is 9.62. The van der Waals surface area contributed by atoms with Crippen molar-refractivity contribution < 1.29 is 18.7 Å². The molecule has 0 aliphatic rings. The number of halogens is 1. The van der Waals surface area contributed by atoms with E-state index in [2.05, 4.69) is 10.6 Å². The largest absolute Gasteiger partial charge is 0.492 e. The van der Waals surface area contributed by atoms with Gasteiger partial charge in [-0.25, -0.2) is 4.39 Å². The second-order valence-electron chi connectivity index (χ2n) is 7.20. The Morgan fingerprint density at radius 3 is 2.30 bits per heavy atom. The normalized spacial score (nSPS) is 10.5. The van der Waals surface area contributed by atoms with Crippen LogP contribution in [0.1, 0.15) is 34.6 Å². The lowest BCUT2D eigenvalue weighted by Gasteiger charge is -2.13. The van der Waals surface area contributed by atoms with Crippen LogP contribution < -0.4 is 15.4 Å². The fourth-order valence-corrected chi connectivity index (χ4v) is 2.71. The van der Waals surface area contributed by atoms with Crippen molar-refractivity contribution in [2.45, 2.75) is 13.8 Å². The molecule has 6 heteroatoms. The van der Waals surface area contributed by atoms with E-state index in [-0.39, 0.29) is 17.6 Å². The highest BCUT2D eigenvalue weighted by molar-refractivity contribution is 6.08. The molecule has 0 atom stereocenters. The third-order valence-corrected chi connectivity index (χ3v) is 4.19. The second-order valence-corrected chi connectivity index (χ2v) is 7.20. The average molecular weight is 406 g/mol. The molecule has 0 saturated heterocycles. The molecule has 154 valence electrons. The maximum absolute atomic E-state index is 13.0. The molecule has 0 heterocycles. The summed E-state index contributed by atoms with van der Waals surface area (Å²) >= 11 is 0. The Morgan fingerprint density at radius 2 is 1.57 bits per heavy atom. The van der Waals surface area contributed by atoms with E-state index in [9.17, 15) is 14.0 Å². The summed E-state index contributed by atoms with van der Waals surface area (Å²) in [5.74, 6) is -0.231. The number of anilines is 2. The van der Waals surface area contributed by atoms with E-state index >= 15 is 0 Å². The molecule has 0 aliphatic heterocycles. The van der Waals surface area contributed by atoms with Gasteiger partial charge >= 0.3 is 0 Å². The molecule has 0 aliphatic carbocycles. The monoisotopic (exact) mass is 406 g/mol. The number of nitrogens with one attached hydrogen (secondary N) is 2. The summed E-state index contributed by atoms with van der Waals surface area (Å²) in [6.07, 6.45) is 0. The molecular formula is C24H23FN2O3. The van der Waals surface area contributed by atoms with Gasteiger partial charge in [0.05, 0.1) is 12.2 Å². The highest BCUT2D eigenvalue weighted by Crippen LogP contribution is 2.21. The van der Waals surface area contributed by atoms with Crippen LogP contribution in [0.4, 0.5) is 15.8 Å². The SMILES string of the molecule is CC(C)COc1ccccc1C(=O)Nc1cccc(C(=O)Nc2ccc(F)cc2)c1. The number of amides is 2. The zero-order valence-corrected chi connectivity index (χ0v) is 16.8. The number of para-hydroxylation sites is 1. The van der Waals surface area contributed by atoms with Crippen molar-refractivity contribution in [1.29, 1.82) is 0 Å². The van der Waals surface area contributed by atoms with Crippen LogP contribution in [-0.2, 0) is 0 Å². The topological polar surface area (TPSA) is 67.4 Å². The van der Waals surface area contributed by atoms with Gasteiger partial charge in [-0.2, -0.15) is 0 Å². The van der Waals surface area contributed by atoms with E-state index in [1.807, 2.05) is 19.9 Å². The number of hydrogen-bond donors (Lipinski definition) is 2. The highest BCUT2D eigenvalue weighted by atomic mass is 19.1. The molecule has 0 fully saturated rings. The van der Waals surface area contributed by atoms with Crippen LogP contribution in [0, 0.1) is 11.7 Å². The van der Waals surface area contributed by atoms with Gasteiger partial charge in [0.1, 0.15) is 11.6 Å². The first-order valence-corrected chi connectivity index (χ1v) is 9.62. The van der Waals surface area contributed by atoms with Crippen molar-refractivity contribution in [3.05, 3.63) is 89.7 Å². The molecule has 5 nitrogen and oxygen atoms in total. The van der Waals surface area contributed by atoms with E-state index in [0.29, 0.717) is 40.8 Å². The number of hydrogen-bond acceptors (Lipinski definition) is 3. The van der Waals surface area contributed by atoms with Crippen molar-refractivity contribution >= 4 is 23.2 Å². The number of carbonyl (C=O) groups is 2. The first kappa shape index (κ1) is 21.0. The minimum atomic E-state index is -0.379. The summed E-state index contributed by atoms with van der Waals surface area (Å²) < 4.78 is 18.8. The second kappa shape index (κ2) is 9.69. The van der Waals surface area contributed by atoms with Gasteiger partial charge in [0.15, 0.2) is 0 Å². The van der Waals surface area contributed by atoms with Gasteiger partial charge in [-0.05, 0) is 60.5 Å². The van der Waals surface area contributed by atoms with Gasteiger partial charge < -0.3 is 15.4 Å². The van der Waals surface area contributed by atoms with Crippen LogP contribution in [0.2, 0.25) is 0 Å². The molecule has 30 heavy (non-hydrogen) atoms. The van der Waals surface area contributed by atoms with Crippen LogP contribution in [0.3, 0.4) is 0 Å². The fourth-order valence-electron chi connectivity index (χ4n) is 2.71. The van der Waals surface area contributed by atoms with E-state index in [4.69, 9.17) is 4.74 Å². The summed E-state index contributed by atoms with van der Waals surface area (Å²) in [7, 11) is 0. The number of rotatable bonds is 7. The van der Waals surface area contributed by atoms with Gasteiger partial charge in [0, 0.05) is 16.9 Å². The zero-order chi connectivity index (χ0) is 21.5. The third kappa shape index (κ3) is 5.67. The Labute approximate surface area is 174 Å². The molecule has 0 radical (unpaired) electrons. The van der Waals surface area contributed by atoms with Crippen molar-refractivity contribution in [2.75, 3.05) is 17.2 Å². The molecule has 0 unspecified atom stereocenters. The Morgan fingerprint density at radius 1 is 0.867 bits per heavy atom. The van der Waals surface area contributed by atoms with Gasteiger partial charge in [0.2, 0.25) is 0 Å². The quantitative estimate of drug-likeness (QED) is 0.555. The van der Waals surface area contributed by atoms with Crippen LogP contribution in [0.5, 0.6) is 5.75 Å². The number of carbonyl (C=O) groups excluding carboxylic acids is 2. The molecule has 0 aromatic heterocycles. The summed E-state index contributed by atoms with van der Waals surface area (Å²) in [6, 6.07) is 19.1. The minimum absolute atomic E-state index is 0.328. The molecule has 3 rings (SSSR count). The summed E-state index contributed by atoms with van der Waals surface area (Å²) in [5.41, 5.74) is 1.73.